The molecule has 2 rings (SSSR count). The van der Waals surface area contributed by atoms with Crippen molar-refractivity contribution in [1.29, 1.82) is 0 Å². The van der Waals surface area contributed by atoms with Gasteiger partial charge in [0.2, 0.25) is 0 Å². The Hall–Kier alpha value is -1.24. The number of H-pyrrole nitrogens is 1. The van der Waals surface area contributed by atoms with Crippen LogP contribution in [0.2, 0.25) is 0 Å². The van der Waals surface area contributed by atoms with Crippen LogP contribution in [0.1, 0.15) is 30.2 Å². The maximum atomic E-state index is 3.95. The van der Waals surface area contributed by atoms with Crippen LogP contribution in [0.15, 0.2) is 18.9 Å². The second-order valence-corrected chi connectivity index (χ2v) is 3.32. The number of hydrogen-bond acceptors (Lipinski definition) is 0. The maximum Gasteiger partial charge on any atom is 0.0230 e. The third-order valence-electron chi connectivity index (χ3n) is 2.31. The Morgan fingerprint density at radius 3 is 3.17 bits per heavy atom. The number of rotatable bonds is 1. The van der Waals surface area contributed by atoms with Gasteiger partial charge in [-0.1, -0.05) is 18.7 Å². The number of aromatic amines is 1. The fourth-order valence-electron chi connectivity index (χ4n) is 1.66. The van der Waals surface area contributed by atoms with Crippen molar-refractivity contribution in [3.8, 4) is 0 Å². The first-order valence-electron chi connectivity index (χ1n) is 4.31. The van der Waals surface area contributed by atoms with E-state index in [-0.39, 0.29) is 0 Å². The Kier molecular flexibility index (Phi) is 1.65. The van der Waals surface area contributed by atoms with Crippen LogP contribution in [-0.4, -0.2) is 4.98 Å². The van der Waals surface area contributed by atoms with Crippen LogP contribution >= 0.6 is 0 Å². The molecule has 1 N–H and O–H groups in total. The fraction of sp³-hybridized carbons (Fsp3) is 0.273. The van der Waals surface area contributed by atoms with Gasteiger partial charge in [0, 0.05) is 23.0 Å². The van der Waals surface area contributed by atoms with Gasteiger partial charge < -0.3 is 4.98 Å². The van der Waals surface area contributed by atoms with Gasteiger partial charge in [0.1, 0.15) is 0 Å². The van der Waals surface area contributed by atoms with Crippen molar-refractivity contribution in [2.75, 3.05) is 0 Å². The third-order valence-corrected chi connectivity index (χ3v) is 2.31. The zero-order valence-electron chi connectivity index (χ0n) is 7.35. The largest absolute Gasteiger partial charge is 0.364 e. The topological polar surface area (TPSA) is 15.8 Å². The average molecular weight is 159 g/mol. The summed E-state index contributed by atoms with van der Waals surface area (Å²) in [4.78, 5) is 3.30. The molecule has 0 amide bonds. The Morgan fingerprint density at radius 1 is 1.58 bits per heavy atom. The summed E-state index contributed by atoms with van der Waals surface area (Å²) in [6.45, 7) is 6.00. The molecule has 62 valence electrons. The lowest BCUT2D eigenvalue weighted by Crippen LogP contribution is -1.92. The number of fused-ring (bicyclic) bond motifs is 1. The molecule has 12 heavy (non-hydrogen) atoms. The third kappa shape index (κ3) is 1.02. The number of nitrogens with one attached hydrogen (secondary N) is 1. The molecule has 1 heterocycles. The highest BCUT2D eigenvalue weighted by molar-refractivity contribution is 5.74. The molecular weight excluding hydrogens is 146 g/mol. The van der Waals surface area contributed by atoms with Crippen LogP contribution in [0.5, 0.6) is 0 Å². The van der Waals surface area contributed by atoms with Crippen molar-refractivity contribution in [1.82, 2.24) is 4.98 Å². The molecule has 1 aliphatic carbocycles. The average Bonchev–Trinajstić information content (AvgIpc) is 2.47. The molecule has 0 saturated carbocycles. The van der Waals surface area contributed by atoms with Gasteiger partial charge in [0.15, 0.2) is 0 Å². The second-order valence-electron chi connectivity index (χ2n) is 3.32. The molecule has 1 aromatic rings. The van der Waals surface area contributed by atoms with Crippen molar-refractivity contribution in [3.05, 3.63) is 35.7 Å². The molecule has 0 saturated heterocycles. The SMILES string of the molecule is C=C(C)c1c[nH]c2c1C=CCC2. The van der Waals surface area contributed by atoms with Crippen LogP contribution in [-0.2, 0) is 6.42 Å². The minimum atomic E-state index is 1.14. The highest BCUT2D eigenvalue weighted by Gasteiger charge is 2.10. The van der Waals surface area contributed by atoms with E-state index in [1.807, 2.05) is 6.92 Å². The molecule has 1 aromatic heterocycles. The summed E-state index contributed by atoms with van der Waals surface area (Å²) in [7, 11) is 0. The van der Waals surface area contributed by atoms with Gasteiger partial charge in [-0.05, 0) is 25.3 Å². The zero-order chi connectivity index (χ0) is 8.55. The lowest BCUT2D eigenvalue weighted by molar-refractivity contribution is 0.945. The van der Waals surface area contributed by atoms with E-state index < -0.39 is 0 Å². The van der Waals surface area contributed by atoms with Crippen molar-refractivity contribution < 1.29 is 0 Å². The zero-order valence-corrected chi connectivity index (χ0v) is 7.35. The molecular formula is C11H13N. The number of aromatic nitrogens is 1. The minimum absolute atomic E-state index is 1.14. The summed E-state index contributed by atoms with van der Waals surface area (Å²) < 4.78 is 0. The summed E-state index contributed by atoms with van der Waals surface area (Å²) >= 11 is 0. The number of hydrogen-bond donors (Lipinski definition) is 1. The van der Waals surface area contributed by atoms with E-state index in [1.54, 1.807) is 0 Å². The molecule has 0 aliphatic heterocycles. The molecule has 1 aliphatic rings. The monoisotopic (exact) mass is 159 g/mol. The molecule has 1 nitrogen and oxygen atoms in total. The van der Waals surface area contributed by atoms with Gasteiger partial charge in [-0.2, -0.15) is 0 Å². The highest BCUT2D eigenvalue weighted by atomic mass is 14.7. The van der Waals surface area contributed by atoms with Crippen molar-refractivity contribution in [2.45, 2.75) is 19.8 Å². The first kappa shape index (κ1) is 7.41. The summed E-state index contributed by atoms with van der Waals surface area (Å²) in [6, 6.07) is 0. The fourth-order valence-corrected chi connectivity index (χ4v) is 1.66. The van der Waals surface area contributed by atoms with E-state index in [9.17, 15) is 0 Å². The van der Waals surface area contributed by atoms with Gasteiger partial charge in [0.25, 0.3) is 0 Å². The van der Waals surface area contributed by atoms with Crippen LogP contribution in [0.4, 0.5) is 0 Å². The van der Waals surface area contributed by atoms with Crippen LogP contribution < -0.4 is 0 Å². The first-order chi connectivity index (χ1) is 5.79. The van der Waals surface area contributed by atoms with E-state index in [4.69, 9.17) is 0 Å². The predicted octanol–water partition coefficient (Wildman–Crippen LogP) is 3.01. The quantitative estimate of drug-likeness (QED) is 0.648. The minimum Gasteiger partial charge on any atom is -0.364 e. The molecule has 0 aromatic carbocycles. The summed E-state index contributed by atoms with van der Waals surface area (Å²) in [6.07, 6.45) is 8.77. The summed E-state index contributed by atoms with van der Waals surface area (Å²) in [5.74, 6) is 0. The lowest BCUT2D eigenvalue weighted by atomic mass is 9.99. The molecule has 0 spiro atoms. The molecule has 0 radical (unpaired) electrons. The van der Waals surface area contributed by atoms with Crippen LogP contribution in [0, 0.1) is 0 Å². The molecule has 1 heteroatoms. The van der Waals surface area contributed by atoms with E-state index in [0.717, 1.165) is 18.4 Å². The van der Waals surface area contributed by atoms with Gasteiger partial charge >= 0.3 is 0 Å². The normalized spacial score (nSPS) is 14.4. The maximum absolute atomic E-state index is 3.95. The second kappa shape index (κ2) is 2.67. The van der Waals surface area contributed by atoms with Gasteiger partial charge in [-0.3, -0.25) is 0 Å². The van der Waals surface area contributed by atoms with E-state index >= 15 is 0 Å². The molecule has 0 atom stereocenters. The standard InChI is InChI=1S/C11H13N/c1-8(2)10-7-12-11-6-4-3-5-9(10)11/h3,5,7,12H,1,4,6H2,2H3. The molecule has 0 bridgehead atoms. The Balaban J connectivity index is 2.54. The number of allylic oxidation sites excluding steroid dienone is 2. The highest BCUT2D eigenvalue weighted by Crippen LogP contribution is 2.26. The smallest absolute Gasteiger partial charge is 0.0230 e. The van der Waals surface area contributed by atoms with Crippen molar-refractivity contribution in [3.63, 3.8) is 0 Å². The Bertz CT molecular complexity index is 342. The van der Waals surface area contributed by atoms with E-state index in [0.29, 0.717) is 0 Å². The molecule has 0 unspecified atom stereocenters. The van der Waals surface area contributed by atoms with Gasteiger partial charge in [-0.25, -0.2) is 0 Å². The van der Waals surface area contributed by atoms with Crippen LogP contribution in [0.3, 0.4) is 0 Å². The van der Waals surface area contributed by atoms with E-state index in [2.05, 4.69) is 29.9 Å². The summed E-state index contributed by atoms with van der Waals surface area (Å²) in [5, 5.41) is 0. The van der Waals surface area contributed by atoms with Gasteiger partial charge in [0.05, 0.1) is 0 Å². The van der Waals surface area contributed by atoms with E-state index in [1.165, 1.54) is 16.8 Å². The predicted molar refractivity (Wildman–Crippen MR) is 52.9 cm³/mol. The molecule has 0 fully saturated rings. The number of aryl methyl sites for hydroxylation is 1. The first-order valence-corrected chi connectivity index (χ1v) is 4.31. The van der Waals surface area contributed by atoms with Crippen LogP contribution in [0.25, 0.3) is 11.6 Å². The Labute approximate surface area is 72.8 Å². The lowest BCUT2D eigenvalue weighted by Gasteiger charge is -2.06. The Morgan fingerprint density at radius 2 is 2.42 bits per heavy atom. The van der Waals surface area contributed by atoms with Crippen molar-refractivity contribution >= 4 is 11.6 Å². The summed E-state index contributed by atoms with van der Waals surface area (Å²) in [5.41, 5.74) is 5.10. The van der Waals surface area contributed by atoms with Gasteiger partial charge in [-0.15, -0.1) is 0 Å². The van der Waals surface area contributed by atoms with Crippen molar-refractivity contribution in [2.24, 2.45) is 0 Å².